The molecule has 2 N–H and O–H groups in total. The zero-order valence-electron chi connectivity index (χ0n) is 41.3. The number of imidazole rings is 1. The van der Waals surface area contributed by atoms with Gasteiger partial charge in [-0.1, -0.05) is 12.1 Å². The van der Waals surface area contributed by atoms with Crippen LogP contribution in [-0.2, 0) is 36.6 Å². The van der Waals surface area contributed by atoms with Crippen LogP contribution in [0.3, 0.4) is 0 Å². The van der Waals surface area contributed by atoms with E-state index in [1.807, 2.05) is 53.8 Å². The Kier molecular flexibility index (Phi) is 12.6. The number of benzene rings is 2. The molecule has 0 spiro atoms. The lowest BCUT2D eigenvalue weighted by atomic mass is 9.92. The summed E-state index contributed by atoms with van der Waals surface area (Å²) in [6.45, 7) is 12.5. The number of nitrogens with zero attached hydrogens (tertiary/aromatic N) is 9. The Morgan fingerprint density at radius 1 is 0.847 bits per heavy atom. The van der Waals surface area contributed by atoms with Crippen LogP contribution >= 0.6 is 0 Å². The fraction of sp³-hybridized carbons (Fsp3) is 0.444. The van der Waals surface area contributed by atoms with Gasteiger partial charge in [0.25, 0.3) is 11.5 Å². The molecular weight excluding hydrogens is 921 g/mol. The third-order valence-corrected chi connectivity index (χ3v) is 16.2. The van der Waals surface area contributed by atoms with Gasteiger partial charge < -0.3 is 19.7 Å². The zero-order chi connectivity index (χ0) is 50.1. The van der Waals surface area contributed by atoms with E-state index in [0.717, 1.165) is 85.4 Å². The maximum Gasteiger partial charge on any atom is 0.329 e. The number of piperidine rings is 2. The summed E-state index contributed by atoms with van der Waals surface area (Å²) in [5, 5.41) is 6.11. The highest BCUT2D eigenvalue weighted by molar-refractivity contribution is 6.00. The number of carbonyl (C=O) groups is 3. The zero-order valence-corrected chi connectivity index (χ0v) is 41.3. The van der Waals surface area contributed by atoms with Gasteiger partial charge in [-0.05, 0) is 105 Å². The number of pyridine rings is 2. The van der Waals surface area contributed by atoms with Crippen molar-refractivity contribution in [1.29, 1.82) is 0 Å². The molecule has 0 aliphatic carbocycles. The van der Waals surface area contributed by atoms with Crippen molar-refractivity contribution >= 4 is 51.0 Å². The fourth-order valence-electron chi connectivity index (χ4n) is 12.1. The Morgan fingerprint density at radius 2 is 1.62 bits per heavy atom. The van der Waals surface area contributed by atoms with Gasteiger partial charge in [0.15, 0.2) is 5.82 Å². The van der Waals surface area contributed by atoms with Gasteiger partial charge in [0.2, 0.25) is 11.8 Å². The van der Waals surface area contributed by atoms with Gasteiger partial charge in [-0.15, -0.1) is 0 Å². The van der Waals surface area contributed by atoms with Crippen LogP contribution in [0.2, 0.25) is 0 Å². The highest BCUT2D eigenvalue weighted by Crippen LogP contribution is 2.35. The van der Waals surface area contributed by atoms with Crippen molar-refractivity contribution in [1.82, 2.24) is 48.2 Å². The van der Waals surface area contributed by atoms with E-state index in [9.17, 15) is 24.0 Å². The molecule has 0 radical (unpaired) electrons. The first-order chi connectivity index (χ1) is 34.7. The van der Waals surface area contributed by atoms with Gasteiger partial charge in [0.05, 0.1) is 28.6 Å². The van der Waals surface area contributed by atoms with Crippen LogP contribution in [0, 0.1) is 24.5 Å². The molecule has 1 unspecified atom stereocenters. The molecule has 9 heterocycles. The highest BCUT2D eigenvalue weighted by Gasteiger charge is 2.33. The Morgan fingerprint density at radius 3 is 2.36 bits per heavy atom. The second-order valence-corrected chi connectivity index (χ2v) is 20.5. The molecule has 11 rings (SSSR count). The number of imide groups is 1. The second kappa shape index (κ2) is 19.0. The summed E-state index contributed by atoms with van der Waals surface area (Å²) < 4.78 is 37.7. The van der Waals surface area contributed by atoms with Crippen LogP contribution < -0.4 is 21.9 Å². The maximum absolute atomic E-state index is 16.1. The number of fused-ring (bicyclic) bond motifs is 3. The predicted molar refractivity (Wildman–Crippen MR) is 271 cm³/mol. The van der Waals surface area contributed by atoms with Gasteiger partial charge in [-0.2, -0.15) is 0 Å². The molecule has 18 heteroatoms. The van der Waals surface area contributed by atoms with Crippen molar-refractivity contribution < 1.29 is 23.2 Å². The first-order valence-electron chi connectivity index (χ1n) is 25.4. The van der Waals surface area contributed by atoms with Crippen molar-refractivity contribution in [2.45, 2.75) is 71.0 Å². The van der Waals surface area contributed by atoms with Crippen molar-refractivity contribution in [3.63, 3.8) is 0 Å². The summed E-state index contributed by atoms with van der Waals surface area (Å²) in [7, 11) is 3.67. The molecule has 0 bridgehead atoms. The summed E-state index contributed by atoms with van der Waals surface area (Å²) in [5.74, 6) is -1.24. The van der Waals surface area contributed by atoms with E-state index >= 15 is 8.78 Å². The van der Waals surface area contributed by atoms with Gasteiger partial charge in [0.1, 0.15) is 17.5 Å². The monoisotopic (exact) mass is 981 g/mol. The summed E-state index contributed by atoms with van der Waals surface area (Å²) in [5.41, 5.74) is 7.67. The van der Waals surface area contributed by atoms with Gasteiger partial charge in [-0.3, -0.25) is 48.0 Å². The normalized spacial score (nSPS) is 20.0. The Bertz CT molecular complexity index is 3310. The number of nitrogens with one attached hydrogen (secondary N) is 2. The second-order valence-electron chi connectivity index (χ2n) is 20.5. The molecule has 72 heavy (non-hydrogen) atoms. The predicted octanol–water partition coefficient (Wildman–Crippen LogP) is 5.43. The minimum Gasteiger partial charge on any atom is -0.382 e. The SMILES string of the molecule is Cc1cc(C(=O)N2CCC(CN3CCN(Cc4ccc5c(c4)n(C)c(=O)n5C4CCC(=O)NC4=O)CC3)CC2)cc(F)c1C1=CCN([C@@H](C)c2cc3c(-n4cc(F)c5c(c4=O)CCN5)ccnc3n2C)CC1. The number of hydrogen-bond acceptors (Lipinski definition) is 10. The average Bonchev–Trinajstić information content (AvgIpc) is 4.08. The van der Waals surface area contributed by atoms with E-state index in [-0.39, 0.29) is 41.3 Å². The highest BCUT2D eigenvalue weighted by atomic mass is 19.1. The summed E-state index contributed by atoms with van der Waals surface area (Å²) >= 11 is 0. The van der Waals surface area contributed by atoms with Gasteiger partial charge >= 0.3 is 5.69 Å². The van der Waals surface area contributed by atoms with Gasteiger partial charge in [0, 0.05) is 133 Å². The number of aromatic nitrogens is 5. The van der Waals surface area contributed by atoms with E-state index in [0.29, 0.717) is 97.1 Å². The standard InChI is InChI=1S/C54H61F2N11O5/c1-32-25-37(27-40(55)48(32)36-13-19-64(20-14-36)33(2)45-28-39-42(10-16-58-50(39)60(45)3)66-31-41(56)49-38(53(66)71)9-15-57-49)52(70)65-17-11-34(12-18-65)29-62-21-23-63(24-22-62)30-35-5-6-43-46(26-35)61(4)54(72)67(43)44-7-8-47(68)59-51(44)69/h5-6,10,13,16,25-28,31,33-34,44,57H,7-9,11-12,14-15,17-24,29-30H2,1-4H3,(H,59,68,69)/t33-,44?/m0/s1. The number of likely N-dealkylation sites (tertiary alicyclic amines) is 1. The molecule has 2 aromatic carbocycles. The molecular formula is C54H61F2N11O5. The Hall–Kier alpha value is -6.76. The molecule has 4 aromatic heterocycles. The molecule has 376 valence electrons. The summed E-state index contributed by atoms with van der Waals surface area (Å²) in [6.07, 6.45) is 8.40. The Labute approximate surface area is 415 Å². The third kappa shape index (κ3) is 8.55. The van der Waals surface area contributed by atoms with E-state index in [1.165, 1.54) is 21.4 Å². The average molecular weight is 982 g/mol. The molecule has 3 saturated heterocycles. The number of piperazine rings is 1. The molecule has 3 amide bonds. The topological polar surface area (TPSA) is 155 Å². The largest absolute Gasteiger partial charge is 0.382 e. The number of halogens is 2. The van der Waals surface area contributed by atoms with Crippen molar-refractivity contribution in [2.24, 2.45) is 20.0 Å². The van der Waals surface area contributed by atoms with Crippen LogP contribution in [0.4, 0.5) is 14.5 Å². The fourth-order valence-corrected chi connectivity index (χ4v) is 12.1. The van der Waals surface area contributed by atoms with E-state index < -0.39 is 17.8 Å². The van der Waals surface area contributed by atoms with Crippen molar-refractivity contribution in [3.05, 3.63) is 127 Å². The first-order valence-corrected chi connectivity index (χ1v) is 25.4. The number of amides is 3. The Balaban J connectivity index is 0.672. The molecule has 0 saturated carbocycles. The number of hydrogen-bond donors (Lipinski definition) is 2. The van der Waals surface area contributed by atoms with Crippen LogP contribution in [0.25, 0.3) is 33.3 Å². The minimum absolute atomic E-state index is 0.0386. The lowest BCUT2D eigenvalue weighted by Crippen LogP contribution is -2.48. The number of anilines is 1. The molecule has 6 aromatic rings. The van der Waals surface area contributed by atoms with Gasteiger partial charge in [-0.25, -0.2) is 18.6 Å². The van der Waals surface area contributed by atoms with E-state index in [1.54, 1.807) is 23.9 Å². The van der Waals surface area contributed by atoms with Crippen molar-refractivity contribution in [2.75, 3.05) is 70.8 Å². The molecule has 5 aliphatic heterocycles. The van der Waals surface area contributed by atoms with Crippen LogP contribution in [-0.4, -0.2) is 126 Å². The lowest BCUT2D eigenvalue weighted by Gasteiger charge is -2.39. The maximum atomic E-state index is 16.1. The number of aryl methyl sites for hydroxylation is 3. The summed E-state index contributed by atoms with van der Waals surface area (Å²) in [4.78, 5) is 78.7. The van der Waals surface area contributed by atoms with E-state index in [2.05, 4.69) is 43.3 Å². The van der Waals surface area contributed by atoms with E-state index in [4.69, 9.17) is 0 Å². The van der Waals surface area contributed by atoms with Crippen LogP contribution in [0.15, 0.2) is 70.5 Å². The third-order valence-electron chi connectivity index (χ3n) is 16.2. The number of rotatable bonds is 10. The summed E-state index contributed by atoms with van der Waals surface area (Å²) in [6, 6.07) is 12.3. The first kappa shape index (κ1) is 47.6. The quantitative estimate of drug-likeness (QED) is 0.170. The van der Waals surface area contributed by atoms with Crippen LogP contribution in [0.1, 0.15) is 89.4 Å². The smallest absolute Gasteiger partial charge is 0.329 e. The van der Waals surface area contributed by atoms with Crippen LogP contribution in [0.5, 0.6) is 0 Å². The molecule has 2 atom stereocenters. The number of carbonyl (C=O) groups excluding carboxylic acids is 3. The van der Waals surface area contributed by atoms with Crippen molar-refractivity contribution in [3.8, 4) is 5.69 Å². The molecule has 16 nitrogen and oxygen atoms in total. The lowest BCUT2D eigenvalue weighted by molar-refractivity contribution is -0.135. The molecule has 5 aliphatic rings. The minimum atomic E-state index is -0.708. The molecule has 3 fully saturated rings.